The van der Waals surface area contributed by atoms with Crippen LogP contribution in [0.2, 0.25) is 0 Å². The lowest BCUT2D eigenvalue weighted by atomic mass is 10.1. The third-order valence-corrected chi connectivity index (χ3v) is 3.48. The Kier molecular flexibility index (Phi) is 8.68. The van der Waals surface area contributed by atoms with Crippen LogP contribution in [-0.4, -0.2) is 42.9 Å². The van der Waals surface area contributed by atoms with Gasteiger partial charge in [0.15, 0.2) is 11.5 Å². The van der Waals surface area contributed by atoms with Crippen molar-refractivity contribution in [1.29, 1.82) is 0 Å². The maximum atomic E-state index is 11.7. The zero-order valence-electron chi connectivity index (χ0n) is 14.6. The van der Waals surface area contributed by atoms with Gasteiger partial charge >= 0.3 is 12.1 Å². The van der Waals surface area contributed by atoms with Crippen molar-refractivity contribution in [3.8, 4) is 11.5 Å². The molecule has 0 aliphatic carbocycles. The standard InChI is InChI=1S/C16H22N2O8/c1-24-13-8-11(12(18(22)23)9-14(13)25-2)10-26-16(21)17-7-5-3-4-6-15(19)20/h8-9H,3-7,10H2,1-2H3,(H,17,21)(H,19,20). The molecule has 1 aromatic rings. The highest BCUT2D eigenvalue weighted by Gasteiger charge is 2.20. The van der Waals surface area contributed by atoms with Crippen molar-refractivity contribution in [2.45, 2.75) is 32.3 Å². The summed E-state index contributed by atoms with van der Waals surface area (Å²) in [6.45, 7) is 0.0218. The zero-order valence-corrected chi connectivity index (χ0v) is 14.6. The molecule has 0 bridgehead atoms. The molecule has 2 N–H and O–H groups in total. The monoisotopic (exact) mass is 370 g/mol. The zero-order chi connectivity index (χ0) is 19.5. The minimum absolute atomic E-state index is 0.0907. The van der Waals surface area contributed by atoms with E-state index in [1.54, 1.807) is 0 Å². The number of amides is 1. The molecule has 26 heavy (non-hydrogen) atoms. The number of benzene rings is 1. The van der Waals surface area contributed by atoms with Crippen LogP contribution in [0.25, 0.3) is 0 Å². The van der Waals surface area contributed by atoms with Crippen molar-refractivity contribution >= 4 is 17.7 Å². The van der Waals surface area contributed by atoms with E-state index in [9.17, 15) is 19.7 Å². The molecular weight excluding hydrogens is 348 g/mol. The van der Waals surface area contributed by atoms with Crippen LogP contribution in [0.3, 0.4) is 0 Å². The number of alkyl carbamates (subject to hydrolysis) is 1. The Hall–Kier alpha value is -3.04. The van der Waals surface area contributed by atoms with Crippen molar-refractivity contribution in [2.75, 3.05) is 20.8 Å². The van der Waals surface area contributed by atoms with Crippen LogP contribution in [0.15, 0.2) is 12.1 Å². The molecule has 0 heterocycles. The normalized spacial score (nSPS) is 10.1. The summed E-state index contributed by atoms with van der Waals surface area (Å²) in [4.78, 5) is 32.6. The lowest BCUT2D eigenvalue weighted by molar-refractivity contribution is -0.385. The first-order chi connectivity index (χ1) is 12.4. The van der Waals surface area contributed by atoms with E-state index in [4.69, 9.17) is 19.3 Å². The van der Waals surface area contributed by atoms with Crippen LogP contribution in [0, 0.1) is 10.1 Å². The Bertz CT molecular complexity index is 647. The first-order valence-electron chi connectivity index (χ1n) is 7.90. The molecule has 0 aliphatic rings. The minimum atomic E-state index is -0.853. The van der Waals surface area contributed by atoms with Gasteiger partial charge in [0.05, 0.1) is 30.8 Å². The number of carbonyl (C=O) groups excluding carboxylic acids is 1. The quantitative estimate of drug-likeness (QED) is 0.344. The van der Waals surface area contributed by atoms with Crippen LogP contribution < -0.4 is 14.8 Å². The maximum absolute atomic E-state index is 11.7. The molecule has 0 saturated carbocycles. The summed E-state index contributed by atoms with van der Waals surface area (Å²) < 4.78 is 15.1. The molecule has 0 spiro atoms. The third-order valence-electron chi connectivity index (χ3n) is 3.48. The molecule has 144 valence electrons. The predicted molar refractivity (Wildman–Crippen MR) is 90.5 cm³/mol. The highest BCUT2D eigenvalue weighted by molar-refractivity contribution is 5.67. The number of ether oxygens (including phenoxy) is 3. The molecule has 0 atom stereocenters. The molecule has 0 unspecified atom stereocenters. The van der Waals surface area contributed by atoms with Crippen LogP contribution >= 0.6 is 0 Å². The lowest BCUT2D eigenvalue weighted by Gasteiger charge is -2.11. The molecule has 10 nitrogen and oxygen atoms in total. The number of nitrogens with one attached hydrogen (secondary N) is 1. The van der Waals surface area contributed by atoms with Crippen LogP contribution in [0.1, 0.15) is 31.2 Å². The van der Waals surface area contributed by atoms with Gasteiger partial charge in [0.2, 0.25) is 0 Å². The number of hydrogen-bond acceptors (Lipinski definition) is 7. The molecule has 1 aromatic carbocycles. The highest BCUT2D eigenvalue weighted by atomic mass is 16.6. The van der Waals surface area contributed by atoms with Gasteiger partial charge in [-0.25, -0.2) is 4.79 Å². The lowest BCUT2D eigenvalue weighted by Crippen LogP contribution is -2.25. The van der Waals surface area contributed by atoms with Gasteiger partial charge in [0.1, 0.15) is 6.61 Å². The van der Waals surface area contributed by atoms with Crippen LogP contribution in [-0.2, 0) is 16.1 Å². The van der Waals surface area contributed by atoms with Gasteiger partial charge in [-0.2, -0.15) is 0 Å². The number of carboxylic acid groups (broad SMARTS) is 1. The number of rotatable bonds is 11. The number of nitro groups is 1. The number of unbranched alkanes of at least 4 members (excludes halogenated alkanes) is 2. The Morgan fingerprint density at radius 1 is 1.15 bits per heavy atom. The van der Waals surface area contributed by atoms with E-state index in [0.29, 0.717) is 25.8 Å². The first-order valence-corrected chi connectivity index (χ1v) is 7.90. The fraction of sp³-hybridized carbons (Fsp3) is 0.500. The summed E-state index contributed by atoms with van der Waals surface area (Å²) in [7, 11) is 2.76. The largest absolute Gasteiger partial charge is 0.493 e. The number of carboxylic acids is 1. The summed E-state index contributed by atoms with van der Waals surface area (Å²) >= 11 is 0. The van der Waals surface area contributed by atoms with Crippen molar-refractivity contribution in [1.82, 2.24) is 5.32 Å². The molecule has 0 fully saturated rings. The molecule has 0 radical (unpaired) electrons. The third kappa shape index (κ3) is 6.83. The maximum Gasteiger partial charge on any atom is 0.407 e. The van der Waals surface area contributed by atoms with Gasteiger partial charge in [-0.15, -0.1) is 0 Å². The van der Waals surface area contributed by atoms with E-state index < -0.39 is 17.0 Å². The summed E-state index contributed by atoms with van der Waals surface area (Å²) in [6.07, 6.45) is 1.18. The molecule has 0 saturated heterocycles. The smallest absolute Gasteiger partial charge is 0.407 e. The van der Waals surface area contributed by atoms with Gasteiger partial charge in [-0.3, -0.25) is 14.9 Å². The number of nitro benzene ring substituents is 1. The highest BCUT2D eigenvalue weighted by Crippen LogP contribution is 2.34. The van der Waals surface area contributed by atoms with E-state index in [1.807, 2.05) is 0 Å². The molecule has 1 rings (SSSR count). The number of aliphatic carboxylic acids is 1. The number of hydrogen-bond donors (Lipinski definition) is 2. The Labute approximate surface area is 150 Å². The van der Waals surface area contributed by atoms with Gasteiger partial charge in [0.25, 0.3) is 5.69 Å². The summed E-state index contributed by atoms with van der Waals surface area (Å²) in [5.74, 6) is -0.363. The van der Waals surface area contributed by atoms with E-state index in [1.165, 1.54) is 26.4 Å². The predicted octanol–water partition coefficient (Wildman–Crippen LogP) is 2.48. The fourth-order valence-corrected chi connectivity index (χ4v) is 2.16. The van der Waals surface area contributed by atoms with Gasteiger partial charge in [-0.05, 0) is 18.9 Å². The average molecular weight is 370 g/mol. The summed E-state index contributed by atoms with van der Waals surface area (Å²) in [5.41, 5.74) is -0.0756. The molecule has 1 amide bonds. The van der Waals surface area contributed by atoms with E-state index >= 15 is 0 Å². The van der Waals surface area contributed by atoms with Crippen LogP contribution in [0.4, 0.5) is 10.5 Å². The molecule has 0 aromatic heterocycles. The average Bonchev–Trinajstić information content (AvgIpc) is 2.61. The summed E-state index contributed by atoms with van der Waals surface area (Å²) in [5, 5.41) is 22.2. The van der Waals surface area contributed by atoms with E-state index in [0.717, 1.165) is 0 Å². The first kappa shape index (κ1) is 21.0. The van der Waals surface area contributed by atoms with Crippen molar-refractivity contribution < 1.29 is 33.8 Å². The number of methoxy groups -OCH3 is 2. The second kappa shape index (κ2) is 10.7. The molecule has 0 aliphatic heterocycles. The van der Waals surface area contributed by atoms with Crippen molar-refractivity contribution in [2.24, 2.45) is 0 Å². The minimum Gasteiger partial charge on any atom is -0.493 e. The number of nitrogens with zero attached hydrogens (tertiary/aromatic N) is 1. The Morgan fingerprint density at radius 3 is 2.38 bits per heavy atom. The number of carbonyl (C=O) groups is 2. The van der Waals surface area contributed by atoms with Crippen LogP contribution in [0.5, 0.6) is 11.5 Å². The Balaban J connectivity index is 2.54. The second-order valence-electron chi connectivity index (χ2n) is 5.30. The second-order valence-corrected chi connectivity index (χ2v) is 5.30. The molecule has 10 heteroatoms. The fourth-order valence-electron chi connectivity index (χ4n) is 2.16. The van der Waals surface area contributed by atoms with Crippen molar-refractivity contribution in [3.05, 3.63) is 27.8 Å². The van der Waals surface area contributed by atoms with Gasteiger partial charge in [-0.1, -0.05) is 6.42 Å². The topological polar surface area (TPSA) is 137 Å². The SMILES string of the molecule is COc1cc(COC(=O)NCCCCCC(=O)O)c([N+](=O)[O-])cc1OC. The van der Waals surface area contributed by atoms with Crippen molar-refractivity contribution in [3.63, 3.8) is 0 Å². The van der Waals surface area contributed by atoms with E-state index in [-0.39, 0.29) is 35.8 Å². The summed E-state index contributed by atoms with van der Waals surface area (Å²) in [6, 6.07) is 2.59. The van der Waals surface area contributed by atoms with Gasteiger partial charge in [0, 0.05) is 13.0 Å². The Morgan fingerprint density at radius 2 is 1.81 bits per heavy atom. The van der Waals surface area contributed by atoms with Gasteiger partial charge < -0.3 is 24.6 Å². The molecular formula is C16H22N2O8. The van der Waals surface area contributed by atoms with E-state index in [2.05, 4.69) is 5.32 Å².